The Morgan fingerprint density at radius 3 is 2.56 bits per heavy atom. The Kier molecular flexibility index (Phi) is 6.56. The molecule has 170 valence electrons. The number of non-ortho nitro benzene ring substituents is 1. The maximum Gasteiger partial charge on any atom is 0.363 e. The molecule has 4 rings (SSSR count). The summed E-state index contributed by atoms with van der Waals surface area (Å²) >= 11 is 8.30. The third-order valence-electron chi connectivity index (χ3n) is 4.52. The van der Waals surface area contributed by atoms with E-state index in [0.717, 1.165) is 21.8 Å². The van der Waals surface area contributed by atoms with E-state index in [4.69, 9.17) is 21.1 Å². The van der Waals surface area contributed by atoms with Gasteiger partial charge in [-0.05, 0) is 70.6 Å². The van der Waals surface area contributed by atoms with Crippen LogP contribution in [0.5, 0.6) is 11.5 Å². The standard InChI is InChI=1S/C22H11ClIN3O7/c23-17-6-4-13(24)10-16(17)21-25-18(22(28)34-21)9-12-2-1-3-15(8-12)33-20-7-5-14(26(29)30)11-19(20)27(31)32/h1-11H/b18-9-. The SMILES string of the molecule is O=C1OC(c2cc(I)ccc2Cl)=N/C1=C\c1cccc(Oc2ccc([N+](=O)[O-])cc2[N+](=O)[O-])c1. The number of carbonyl (C=O) groups excluding carboxylic acids is 1. The van der Waals surface area contributed by atoms with Crippen molar-refractivity contribution >= 4 is 63.5 Å². The number of nitro benzene ring substituents is 2. The summed E-state index contributed by atoms with van der Waals surface area (Å²) in [5, 5.41) is 22.6. The second-order valence-electron chi connectivity index (χ2n) is 6.80. The van der Waals surface area contributed by atoms with Crippen molar-refractivity contribution in [3.8, 4) is 11.5 Å². The van der Waals surface area contributed by atoms with Crippen LogP contribution in [0.4, 0.5) is 11.4 Å². The summed E-state index contributed by atoms with van der Waals surface area (Å²) in [7, 11) is 0. The monoisotopic (exact) mass is 591 g/mol. The number of nitrogens with zero attached hydrogens (tertiary/aromatic N) is 3. The predicted octanol–water partition coefficient (Wildman–Crippen LogP) is 5.90. The molecule has 0 radical (unpaired) electrons. The highest BCUT2D eigenvalue weighted by atomic mass is 127. The highest BCUT2D eigenvalue weighted by Gasteiger charge is 2.26. The molecule has 0 N–H and O–H groups in total. The van der Waals surface area contributed by atoms with Crippen LogP contribution < -0.4 is 4.74 Å². The van der Waals surface area contributed by atoms with Gasteiger partial charge < -0.3 is 9.47 Å². The maximum absolute atomic E-state index is 12.3. The molecular formula is C22H11ClIN3O7. The highest BCUT2D eigenvalue weighted by Crippen LogP contribution is 2.35. The molecule has 1 heterocycles. The lowest BCUT2D eigenvalue weighted by Crippen LogP contribution is -2.06. The summed E-state index contributed by atoms with van der Waals surface area (Å²) in [6.45, 7) is 0. The van der Waals surface area contributed by atoms with Gasteiger partial charge in [-0.2, -0.15) is 0 Å². The highest BCUT2D eigenvalue weighted by molar-refractivity contribution is 14.1. The number of aliphatic imine (C=N–C) groups is 1. The maximum atomic E-state index is 12.3. The zero-order valence-corrected chi connectivity index (χ0v) is 19.7. The molecule has 1 aliphatic rings. The van der Waals surface area contributed by atoms with Gasteiger partial charge in [0.1, 0.15) is 5.75 Å². The number of esters is 1. The Labute approximate surface area is 209 Å². The number of hydrogen-bond donors (Lipinski definition) is 0. The normalized spacial score (nSPS) is 14.0. The van der Waals surface area contributed by atoms with E-state index in [1.54, 1.807) is 36.4 Å². The van der Waals surface area contributed by atoms with Gasteiger partial charge in [0.05, 0.1) is 26.5 Å². The summed E-state index contributed by atoms with van der Waals surface area (Å²) in [6, 6.07) is 14.6. The Morgan fingerprint density at radius 2 is 1.82 bits per heavy atom. The number of hydrogen-bond acceptors (Lipinski definition) is 8. The molecular weight excluding hydrogens is 581 g/mol. The molecule has 0 unspecified atom stereocenters. The van der Waals surface area contributed by atoms with Crippen LogP contribution in [0, 0.1) is 23.8 Å². The molecule has 0 saturated carbocycles. The van der Waals surface area contributed by atoms with Gasteiger partial charge in [0, 0.05) is 9.64 Å². The smallest absolute Gasteiger partial charge is 0.363 e. The summed E-state index contributed by atoms with van der Waals surface area (Å²) in [6.07, 6.45) is 1.47. The van der Waals surface area contributed by atoms with E-state index in [1.165, 1.54) is 12.1 Å². The van der Waals surface area contributed by atoms with E-state index in [1.807, 2.05) is 0 Å². The lowest BCUT2D eigenvalue weighted by molar-refractivity contribution is -0.394. The Balaban J connectivity index is 1.63. The molecule has 0 aromatic heterocycles. The van der Waals surface area contributed by atoms with Gasteiger partial charge >= 0.3 is 11.7 Å². The number of rotatable bonds is 6. The van der Waals surface area contributed by atoms with Crippen molar-refractivity contribution < 1.29 is 24.1 Å². The van der Waals surface area contributed by atoms with Gasteiger partial charge in [-0.15, -0.1) is 0 Å². The minimum atomic E-state index is -0.769. The molecule has 0 saturated heterocycles. The van der Waals surface area contributed by atoms with Gasteiger partial charge in [0.15, 0.2) is 5.70 Å². The van der Waals surface area contributed by atoms with Crippen molar-refractivity contribution in [3.63, 3.8) is 0 Å². The van der Waals surface area contributed by atoms with Crippen LogP contribution in [0.15, 0.2) is 71.4 Å². The molecule has 1 aliphatic heterocycles. The number of ether oxygens (including phenoxy) is 2. The average Bonchev–Trinajstić information content (AvgIpc) is 3.15. The first-order chi connectivity index (χ1) is 16.2. The Morgan fingerprint density at radius 1 is 1.03 bits per heavy atom. The number of cyclic esters (lactones) is 1. The first-order valence-electron chi connectivity index (χ1n) is 9.40. The molecule has 3 aromatic carbocycles. The van der Waals surface area contributed by atoms with Crippen LogP contribution in [-0.2, 0) is 9.53 Å². The van der Waals surface area contributed by atoms with Crippen LogP contribution in [0.25, 0.3) is 6.08 Å². The van der Waals surface area contributed by atoms with Crippen molar-refractivity contribution in [1.82, 2.24) is 0 Å². The molecule has 34 heavy (non-hydrogen) atoms. The summed E-state index contributed by atoms with van der Waals surface area (Å²) in [5.74, 6) is -0.548. The van der Waals surface area contributed by atoms with E-state index in [9.17, 15) is 25.0 Å². The lowest BCUT2D eigenvalue weighted by atomic mass is 10.2. The Hall–Kier alpha value is -3.84. The number of nitro groups is 2. The molecule has 10 nitrogen and oxygen atoms in total. The van der Waals surface area contributed by atoms with Crippen molar-refractivity contribution in [1.29, 1.82) is 0 Å². The van der Waals surface area contributed by atoms with Gasteiger partial charge in [0.2, 0.25) is 11.6 Å². The third-order valence-corrected chi connectivity index (χ3v) is 5.52. The van der Waals surface area contributed by atoms with Crippen molar-refractivity contribution in [2.75, 3.05) is 0 Å². The molecule has 0 aliphatic carbocycles. The summed E-state index contributed by atoms with van der Waals surface area (Å²) in [5.41, 5.74) is 0.0316. The fourth-order valence-corrected chi connectivity index (χ4v) is 3.68. The van der Waals surface area contributed by atoms with Crippen molar-refractivity contribution in [2.45, 2.75) is 0 Å². The van der Waals surface area contributed by atoms with Crippen LogP contribution in [0.2, 0.25) is 5.02 Å². The third kappa shape index (κ3) is 5.05. The van der Waals surface area contributed by atoms with E-state index in [2.05, 4.69) is 27.6 Å². The molecule has 0 atom stereocenters. The van der Waals surface area contributed by atoms with Crippen molar-refractivity contribution in [3.05, 3.63) is 106 Å². The van der Waals surface area contributed by atoms with E-state index >= 15 is 0 Å². The molecule has 0 fully saturated rings. The van der Waals surface area contributed by atoms with Crippen LogP contribution in [0.3, 0.4) is 0 Å². The minimum absolute atomic E-state index is 0.0309. The van der Waals surface area contributed by atoms with Gasteiger partial charge in [-0.1, -0.05) is 23.7 Å². The fraction of sp³-hybridized carbons (Fsp3) is 0. The van der Waals surface area contributed by atoms with Gasteiger partial charge in [-0.3, -0.25) is 20.2 Å². The van der Waals surface area contributed by atoms with E-state index in [-0.39, 0.29) is 23.1 Å². The lowest BCUT2D eigenvalue weighted by Gasteiger charge is -2.07. The predicted molar refractivity (Wildman–Crippen MR) is 131 cm³/mol. The topological polar surface area (TPSA) is 134 Å². The second kappa shape index (κ2) is 9.57. The van der Waals surface area contributed by atoms with Crippen LogP contribution in [0.1, 0.15) is 11.1 Å². The second-order valence-corrected chi connectivity index (χ2v) is 8.45. The summed E-state index contributed by atoms with van der Waals surface area (Å²) < 4.78 is 11.7. The van der Waals surface area contributed by atoms with Gasteiger partial charge in [0.25, 0.3) is 5.69 Å². The molecule has 0 amide bonds. The molecule has 0 spiro atoms. The van der Waals surface area contributed by atoms with E-state index < -0.39 is 27.2 Å². The molecule has 3 aromatic rings. The zero-order valence-electron chi connectivity index (χ0n) is 16.8. The fourth-order valence-electron chi connectivity index (χ4n) is 2.99. The molecule has 12 heteroatoms. The minimum Gasteiger partial charge on any atom is -0.450 e. The number of halogens is 2. The Bertz CT molecular complexity index is 1420. The quantitative estimate of drug-likeness (QED) is 0.115. The van der Waals surface area contributed by atoms with Crippen LogP contribution in [-0.4, -0.2) is 21.7 Å². The summed E-state index contributed by atoms with van der Waals surface area (Å²) in [4.78, 5) is 37.3. The van der Waals surface area contributed by atoms with Gasteiger partial charge in [-0.25, -0.2) is 9.79 Å². The first-order valence-corrected chi connectivity index (χ1v) is 10.9. The number of benzene rings is 3. The number of carbonyl (C=O) groups is 1. The molecule has 0 bridgehead atoms. The van der Waals surface area contributed by atoms with Crippen molar-refractivity contribution in [2.24, 2.45) is 4.99 Å². The largest absolute Gasteiger partial charge is 0.450 e. The van der Waals surface area contributed by atoms with E-state index in [0.29, 0.717) is 16.1 Å². The average molecular weight is 592 g/mol. The van der Waals surface area contributed by atoms with Crippen LogP contribution >= 0.6 is 34.2 Å². The first kappa shape index (κ1) is 23.3. The zero-order chi connectivity index (χ0) is 24.4.